The zero-order valence-electron chi connectivity index (χ0n) is 13.2. The molecule has 4 unspecified atom stereocenters. The number of hydrogen-bond donors (Lipinski definition) is 3. The van der Waals surface area contributed by atoms with Gasteiger partial charge in [-0.15, -0.1) is 0 Å². The van der Waals surface area contributed by atoms with Gasteiger partial charge in [0, 0.05) is 5.39 Å². The maximum atomic E-state index is 12.5. The zero-order chi connectivity index (χ0) is 16.7. The minimum Gasteiger partial charge on any atom is -0.464 e. The van der Waals surface area contributed by atoms with Crippen molar-refractivity contribution >= 4 is 24.0 Å². The van der Waals surface area contributed by atoms with E-state index in [1.807, 2.05) is 24.3 Å². The molecule has 0 spiro atoms. The van der Waals surface area contributed by atoms with E-state index in [0.29, 0.717) is 6.42 Å². The van der Waals surface area contributed by atoms with E-state index in [-0.39, 0.29) is 24.0 Å². The van der Waals surface area contributed by atoms with E-state index in [2.05, 4.69) is 5.32 Å². The maximum absolute atomic E-state index is 12.5. The standard InChI is InChI=1S/C17H20BNO5/c20-17(13-8-11-5-6-15(13)24-11)19-16(18(21)22)7-10-9-23-14-4-2-1-3-12(10)14/h1-4,9,11,13,15-16,21-22H,5-8H2,(H,19,20). The van der Waals surface area contributed by atoms with Crippen molar-refractivity contribution in [1.82, 2.24) is 5.32 Å². The fourth-order valence-corrected chi connectivity index (χ4v) is 3.86. The number of para-hydroxylation sites is 1. The number of ether oxygens (including phenoxy) is 1. The quantitative estimate of drug-likeness (QED) is 0.713. The highest BCUT2D eigenvalue weighted by Gasteiger charge is 2.45. The van der Waals surface area contributed by atoms with Crippen LogP contribution < -0.4 is 5.32 Å². The molecule has 2 bridgehead atoms. The highest BCUT2D eigenvalue weighted by Crippen LogP contribution is 2.38. The average molecular weight is 329 g/mol. The summed E-state index contributed by atoms with van der Waals surface area (Å²) in [6.07, 6.45) is 4.69. The molecule has 0 aliphatic carbocycles. The van der Waals surface area contributed by atoms with Gasteiger partial charge in [-0.05, 0) is 37.3 Å². The van der Waals surface area contributed by atoms with Crippen LogP contribution in [-0.4, -0.2) is 41.2 Å². The first-order valence-corrected chi connectivity index (χ1v) is 8.39. The highest BCUT2D eigenvalue weighted by molar-refractivity contribution is 6.43. The second kappa shape index (κ2) is 6.24. The summed E-state index contributed by atoms with van der Waals surface area (Å²) >= 11 is 0. The molecule has 2 saturated heterocycles. The highest BCUT2D eigenvalue weighted by atomic mass is 16.5. The van der Waals surface area contributed by atoms with E-state index in [1.165, 1.54) is 0 Å². The Hall–Kier alpha value is -1.83. The summed E-state index contributed by atoms with van der Waals surface area (Å²) in [5, 5.41) is 23.1. The second-order valence-electron chi connectivity index (χ2n) is 6.71. The SMILES string of the molecule is O=C(NC(Cc1coc2ccccc12)B(O)O)C1CC2CCC1O2. The van der Waals surface area contributed by atoms with Crippen LogP contribution in [-0.2, 0) is 16.0 Å². The Labute approximate surface area is 139 Å². The van der Waals surface area contributed by atoms with E-state index < -0.39 is 13.1 Å². The number of furan rings is 1. The third-order valence-electron chi connectivity index (χ3n) is 5.13. The molecule has 2 aromatic rings. The molecule has 2 aliphatic heterocycles. The van der Waals surface area contributed by atoms with Crippen molar-refractivity contribution in [3.05, 3.63) is 36.1 Å². The largest absolute Gasteiger partial charge is 0.475 e. The fourth-order valence-electron chi connectivity index (χ4n) is 3.86. The third kappa shape index (κ3) is 2.83. The summed E-state index contributed by atoms with van der Waals surface area (Å²) < 4.78 is 11.2. The Balaban J connectivity index is 1.47. The third-order valence-corrected chi connectivity index (χ3v) is 5.13. The Morgan fingerprint density at radius 1 is 1.33 bits per heavy atom. The molecule has 3 heterocycles. The molecule has 1 aromatic heterocycles. The molecule has 126 valence electrons. The lowest BCUT2D eigenvalue weighted by Crippen LogP contribution is -2.50. The minimum atomic E-state index is -1.64. The first kappa shape index (κ1) is 15.7. The van der Waals surface area contributed by atoms with Gasteiger partial charge in [-0.25, -0.2) is 0 Å². The number of hydrogen-bond acceptors (Lipinski definition) is 5. The van der Waals surface area contributed by atoms with Crippen LogP contribution in [0.4, 0.5) is 0 Å². The molecular formula is C17H20BNO5. The monoisotopic (exact) mass is 329 g/mol. The Bertz CT molecular complexity index is 745. The van der Waals surface area contributed by atoms with Gasteiger partial charge >= 0.3 is 7.12 Å². The first-order valence-electron chi connectivity index (χ1n) is 8.39. The zero-order valence-corrected chi connectivity index (χ0v) is 13.2. The van der Waals surface area contributed by atoms with E-state index >= 15 is 0 Å². The number of amides is 1. The molecule has 1 amide bonds. The molecule has 4 rings (SSSR count). The minimum absolute atomic E-state index is 0.0266. The Morgan fingerprint density at radius 2 is 2.17 bits per heavy atom. The van der Waals surface area contributed by atoms with Crippen LogP contribution in [0.3, 0.4) is 0 Å². The van der Waals surface area contributed by atoms with Gasteiger partial charge in [-0.2, -0.15) is 0 Å². The van der Waals surface area contributed by atoms with Crippen molar-refractivity contribution in [3.63, 3.8) is 0 Å². The normalized spacial score (nSPS) is 26.7. The van der Waals surface area contributed by atoms with Gasteiger partial charge in [-0.1, -0.05) is 18.2 Å². The lowest BCUT2D eigenvalue weighted by molar-refractivity contribution is -0.126. The number of carbonyl (C=O) groups excluding carboxylic acids is 1. The molecule has 24 heavy (non-hydrogen) atoms. The summed E-state index contributed by atoms with van der Waals surface area (Å²) in [6, 6.07) is 7.55. The van der Waals surface area contributed by atoms with Gasteiger partial charge in [0.1, 0.15) is 5.58 Å². The lowest BCUT2D eigenvalue weighted by atomic mass is 9.75. The van der Waals surface area contributed by atoms with E-state index in [9.17, 15) is 14.8 Å². The number of carbonyl (C=O) groups is 1. The molecule has 6 nitrogen and oxygen atoms in total. The van der Waals surface area contributed by atoms with E-state index in [0.717, 1.165) is 35.8 Å². The fraction of sp³-hybridized carbons (Fsp3) is 0.471. The lowest BCUT2D eigenvalue weighted by Gasteiger charge is -2.23. The van der Waals surface area contributed by atoms with Crippen LogP contribution in [0.25, 0.3) is 11.0 Å². The molecule has 4 atom stereocenters. The van der Waals surface area contributed by atoms with Crippen LogP contribution in [0.15, 0.2) is 34.9 Å². The van der Waals surface area contributed by atoms with Gasteiger partial charge in [-0.3, -0.25) is 4.79 Å². The number of rotatable bonds is 5. The molecule has 1 aromatic carbocycles. The van der Waals surface area contributed by atoms with Crippen molar-refractivity contribution in [2.45, 2.75) is 43.8 Å². The Kier molecular flexibility index (Phi) is 4.08. The molecule has 7 heteroatoms. The summed E-state index contributed by atoms with van der Waals surface area (Å²) in [5.74, 6) is -1.13. The van der Waals surface area contributed by atoms with Crippen molar-refractivity contribution in [2.24, 2.45) is 5.92 Å². The van der Waals surface area contributed by atoms with Crippen LogP contribution in [0, 0.1) is 5.92 Å². The number of nitrogens with one attached hydrogen (secondary N) is 1. The molecule has 0 saturated carbocycles. The molecule has 0 radical (unpaired) electrons. The van der Waals surface area contributed by atoms with Crippen molar-refractivity contribution in [2.75, 3.05) is 0 Å². The molecule has 2 aliphatic rings. The molecule has 3 N–H and O–H groups in total. The van der Waals surface area contributed by atoms with Crippen LogP contribution >= 0.6 is 0 Å². The van der Waals surface area contributed by atoms with Gasteiger partial charge in [0.05, 0.1) is 30.3 Å². The van der Waals surface area contributed by atoms with Crippen molar-refractivity contribution in [1.29, 1.82) is 0 Å². The number of benzene rings is 1. The summed E-state index contributed by atoms with van der Waals surface area (Å²) in [4.78, 5) is 12.5. The Morgan fingerprint density at radius 3 is 2.88 bits per heavy atom. The van der Waals surface area contributed by atoms with Crippen LogP contribution in [0.1, 0.15) is 24.8 Å². The topological polar surface area (TPSA) is 91.9 Å². The maximum Gasteiger partial charge on any atom is 0.475 e. The van der Waals surface area contributed by atoms with E-state index in [4.69, 9.17) is 9.15 Å². The predicted molar refractivity (Wildman–Crippen MR) is 88.0 cm³/mol. The van der Waals surface area contributed by atoms with Crippen molar-refractivity contribution in [3.8, 4) is 0 Å². The second-order valence-corrected chi connectivity index (χ2v) is 6.71. The van der Waals surface area contributed by atoms with Gasteiger partial charge in [0.25, 0.3) is 0 Å². The van der Waals surface area contributed by atoms with Gasteiger partial charge in [0.2, 0.25) is 5.91 Å². The van der Waals surface area contributed by atoms with Gasteiger partial charge < -0.3 is 24.5 Å². The van der Waals surface area contributed by atoms with Crippen LogP contribution in [0.2, 0.25) is 0 Å². The summed E-state index contributed by atoms with van der Waals surface area (Å²) in [6.45, 7) is 0. The summed E-state index contributed by atoms with van der Waals surface area (Å²) in [7, 11) is -1.64. The van der Waals surface area contributed by atoms with Gasteiger partial charge in [0.15, 0.2) is 0 Å². The molecule has 2 fully saturated rings. The van der Waals surface area contributed by atoms with E-state index in [1.54, 1.807) is 6.26 Å². The predicted octanol–water partition coefficient (Wildman–Crippen LogP) is 1.04. The smallest absolute Gasteiger partial charge is 0.464 e. The number of fused-ring (bicyclic) bond motifs is 3. The average Bonchev–Trinajstić information content (AvgIpc) is 3.29. The van der Waals surface area contributed by atoms with Crippen LogP contribution in [0.5, 0.6) is 0 Å². The first-order chi connectivity index (χ1) is 11.6. The summed E-state index contributed by atoms with van der Waals surface area (Å²) in [5.41, 5.74) is 1.58. The van der Waals surface area contributed by atoms with Crippen molar-refractivity contribution < 1.29 is 24.0 Å². The molecular weight excluding hydrogens is 309 g/mol.